The molecule has 1 fully saturated rings. The number of piperidine rings is 1. The number of rotatable bonds is 6. The van der Waals surface area contributed by atoms with Crippen LogP contribution in [0.2, 0.25) is 5.02 Å². The molecule has 0 saturated carbocycles. The first-order chi connectivity index (χ1) is 14.8. The summed E-state index contributed by atoms with van der Waals surface area (Å²) in [6, 6.07) is 2.59. The largest absolute Gasteiger partial charge is 0.336 e. The van der Waals surface area contributed by atoms with Gasteiger partial charge in [-0.25, -0.2) is 22.7 Å². The Kier molecular flexibility index (Phi) is 8.82. The lowest BCUT2D eigenvalue weighted by atomic mass is 9.92. The Hall–Kier alpha value is -2.00. The predicted octanol–water partition coefficient (Wildman–Crippen LogP) is 4.62. The minimum absolute atomic E-state index is 0.00801. The summed E-state index contributed by atoms with van der Waals surface area (Å²) in [7, 11) is -3.90. The Morgan fingerprint density at radius 2 is 1.50 bits per heavy atom. The lowest BCUT2D eigenvalue weighted by molar-refractivity contribution is 0.184. The van der Waals surface area contributed by atoms with Crippen molar-refractivity contribution in [3.05, 3.63) is 28.3 Å². The van der Waals surface area contributed by atoms with E-state index in [1.165, 1.54) is 0 Å². The average molecular weight is 487 g/mol. The van der Waals surface area contributed by atoms with Gasteiger partial charge in [-0.05, 0) is 61.8 Å². The molecule has 2 rings (SSSR count). The Balaban J connectivity index is 2.10. The highest BCUT2D eigenvalue weighted by Crippen LogP contribution is 2.35. The van der Waals surface area contributed by atoms with E-state index in [2.05, 4.69) is 15.4 Å². The lowest BCUT2D eigenvalue weighted by Gasteiger charge is -2.32. The molecule has 180 valence electrons. The van der Waals surface area contributed by atoms with E-state index >= 15 is 0 Å². The van der Waals surface area contributed by atoms with Crippen LogP contribution in [0.1, 0.15) is 77.3 Å². The van der Waals surface area contributed by atoms with Crippen LogP contribution in [0.3, 0.4) is 0 Å². The van der Waals surface area contributed by atoms with Gasteiger partial charge in [0.2, 0.25) is 10.0 Å². The number of urea groups is 2. The third kappa shape index (κ3) is 6.75. The van der Waals surface area contributed by atoms with E-state index in [1.54, 1.807) is 17.0 Å². The number of hydrogen-bond donors (Lipinski definition) is 3. The van der Waals surface area contributed by atoms with E-state index in [0.717, 1.165) is 11.1 Å². The standard InChI is InChI=1S/C22H35ClN4O4S/c1-13(2)18-11-16(23)12-19(14(3)4)20(18)25-21(28)26-32(30,31)17-7-9-27(10-8-17)22(29)24-15(5)6/h11-15,17H,7-10H2,1-6H3,(H,24,29)(H2,25,26,28). The van der Waals surface area contributed by atoms with Crippen LogP contribution in [0.25, 0.3) is 0 Å². The van der Waals surface area contributed by atoms with Gasteiger partial charge in [0.25, 0.3) is 0 Å². The molecule has 1 heterocycles. The molecule has 0 aromatic heterocycles. The molecule has 4 amide bonds. The van der Waals surface area contributed by atoms with Crippen molar-refractivity contribution in [2.45, 2.75) is 77.5 Å². The second-order valence-corrected chi connectivity index (χ2v) is 11.6. The van der Waals surface area contributed by atoms with Gasteiger partial charge in [-0.15, -0.1) is 0 Å². The molecule has 0 aliphatic carbocycles. The fraction of sp³-hybridized carbons (Fsp3) is 0.636. The molecule has 1 aliphatic heterocycles. The molecule has 1 saturated heterocycles. The summed E-state index contributed by atoms with van der Waals surface area (Å²) < 4.78 is 27.8. The second kappa shape index (κ2) is 10.7. The van der Waals surface area contributed by atoms with Gasteiger partial charge in [-0.3, -0.25) is 0 Å². The molecule has 0 bridgehead atoms. The van der Waals surface area contributed by atoms with Crippen molar-refractivity contribution in [1.29, 1.82) is 0 Å². The van der Waals surface area contributed by atoms with E-state index in [9.17, 15) is 18.0 Å². The zero-order chi connectivity index (χ0) is 24.2. The van der Waals surface area contributed by atoms with Crippen LogP contribution >= 0.6 is 11.6 Å². The van der Waals surface area contributed by atoms with Crippen LogP contribution in [0.5, 0.6) is 0 Å². The number of halogens is 1. The average Bonchev–Trinajstić information content (AvgIpc) is 2.67. The molecule has 1 aromatic carbocycles. The zero-order valence-electron chi connectivity index (χ0n) is 19.7. The number of carbonyl (C=O) groups excluding carboxylic acids is 2. The highest BCUT2D eigenvalue weighted by Gasteiger charge is 2.33. The van der Waals surface area contributed by atoms with Crippen LogP contribution in [-0.4, -0.2) is 49.8 Å². The lowest BCUT2D eigenvalue weighted by Crippen LogP contribution is -2.50. The number of sulfonamides is 1. The van der Waals surface area contributed by atoms with Gasteiger partial charge in [0.15, 0.2) is 0 Å². The molecule has 32 heavy (non-hydrogen) atoms. The molecule has 1 aromatic rings. The van der Waals surface area contributed by atoms with Crippen LogP contribution in [0, 0.1) is 0 Å². The molecule has 1 aliphatic rings. The van der Waals surface area contributed by atoms with Crippen molar-refractivity contribution in [2.24, 2.45) is 0 Å². The summed E-state index contributed by atoms with van der Waals surface area (Å²) in [4.78, 5) is 26.4. The van der Waals surface area contributed by atoms with E-state index < -0.39 is 21.3 Å². The summed E-state index contributed by atoms with van der Waals surface area (Å²) in [6.45, 7) is 12.3. The molecular weight excluding hydrogens is 452 g/mol. The van der Waals surface area contributed by atoms with Crippen LogP contribution in [-0.2, 0) is 10.0 Å². The number of likely N-dealkylation sites (tertiary alicyclic amines) is 1. The Morgan fingerprint density at radius 1 is 1.00 bits per heavy atom. The van der Waals surface area contributed by atoms with Crippen molar-refractivity contribution in [1.82, 2.24) is 14.9 Å². The second-order valence-electron chi connectivity index (χ2n) is 9.16. The summed E-state index contributed by atoms with van der Waals surface area (Å²) in [5, 5.41) is 5.39. The molecule has 0 spiro atoms. The first-order valence-electron chi connectivity index (χ1n) is 11.0. The number of nitrogens with zero attached hydrogens (tertiary/aromatic N) is 1. The van der Waals surface area contributed by atoms with Crippen LogP contribution < -0.4 is 15.4 Å². The van der Waals surface area contributed by atoms with Gasteiger partial charge in [0, 0.05) is 29.8 Å². The zero-order valence-corrected chi connectivity index (χ0v) is 21.2. The van der Waals surface area contributed by atoms with Crippen molar-refractivity contribution in [3.63, 3.8) is 0 Å². The summed E-state index contributed by atoms with van der Waals surface area (Å²) in [6.07, 6.45) is 0.535. The Labute approximate surface area is 196 Å². The van der Waals surface area contributed by atoms with Gasteiger partial charge in [-0.2, -0.15) is 0 Å². The number of nitrogens with one attached hydrogen (secondary N) is 3. The fourth-order valence-corrected chi connectivity index (χ4v) is 5.31. The number of amides is 4. The normalized spacial score (nSPS) is 15.4. The third-order valence-corrected chi connectivity index (χ3v) is 7.50. The summed E-state index contributed by atoms with van der Waals surface area (Å²) >= 11 is 6.26. The minimum Gasteiger partial charge on any atom is -0.336 e. The maximum atomic E-state index is 12.8. The summed E-state index contributed by atoms with van der Waals surface area (Å²) in [5.41, 5.74) is 2.28. The highest BCUT2D eigenvalue weighted by molar-refractivity contribution is 7.90. The topological polar surface area (TPSA) is 108 Å². The monoisotopic (exact) mass is 486 g/mol. The van der Waals surface area contributed by atoms with Gasteiger partial charge >= 0.3 is 12.1 Å². The number of carbonyl (C=O) groups is 2. The van der Waals surface area contributed by atoms with Gasteiger partial charge in [-0.1, -0.05) is 39.3 Å². The predicted molar refractivity (Wildman–Crippen MR) is 129 cm³/mol. The SMILES string of the molecule is CC(C)NC(=O)N1CCC(S(=O)(=O)NC(=O)Nc2c(C(C)C)cc(Cl)cc2C(C)C)CC1. The molecule has 0 unspecified atom stereocenters. The van der Waals surface area contributed by atoms with Crippen molar-refractivity contribution >= 4 is 39.4 Å². The molecule has 8 nitrogen and oxygen atoms in total. The molecule has 0 atom stereocenters. The fourth-order valence-electron chi connectivity index (χ4n) is 3.76. The quantitative estimate of drug-likeness (QED) is 0.545. The van der Waals surface area contributed by atoms with E-state index in [1.807, 2.05) is 41.5 Å². The molecule has 10 heteroatoms. The molecule has 3 N–H and O–H groups in total. The van der Waals surface area contributed by atoms with E-state index in [4.69, 9.17) is 11.6 Å². The number of benzene rings is 1. The van der Waals surface area contributed by atoms with Gasteiger partial charge < -0.3 is 15.5 Å². The molecular formula is C22H35ClN4O4S. The molecule has 0 radical (unpaired) electrons. The Bertz CT molecular complexity index is 910. The highest BCUT2D eigenvalue weighted by atomic mass is 35.5. The first kappa shape index (κ1) is 26.3. The third-order valence-electron chi connectivity index (χ3n) is 5.46. The minimum atomic E-state index is -3.90. The van der Waals surface area contributed by atoms with Crippen molar-refractivity contribution in [3.8, 4) is 0 Å². The first-order valence-corrected chi connectivity index (χ1v) is 13.0. The van der Waals surface area contributed by atoms with E-state index in [0.29, 0.717) is 23.8 Å². The van der Waals surface area contributed by atoms with Crippen molar-refractivity contribution < 1.29 is 18.0 Å². The maximum absolute atomic E-state index is 12.8. The van der Waals surface area contributed by atoms with Crippen LogP contribution in [0.15, 0.2) is 12.1 Å². The van der Waals surface area contributed by atoms with E-state index in [-0.39, 0.29) is 36.8 Å². The smallest absolute Gasteiger partial charge is 0.332 e. The Morgan fingerprint density at radius 3 is 1.94 bits per heavy atom. The van der Waals surface area contributed by atoms with Gasteiger partial charge in [0.1, 0.15) is 0 Å². The van der Waals surface area contributed by atoms with Crippen molar-refractivity contribution in [2.75, 3.05) is 18.4 Å². The summed E-state index contributed by atoms with van der Waals surface area (Å²) in [5.74, 6) is 0.166. The van der Waals surface area contributed by atoms with Crippen LogP contribution in [0.4, 0.5) is 15.3 Å². The number of anilines is 1. The number of hydrogen-bond acceptors (Lipinski definition) is 4. The maximum Gasteiger partial charge on any atom is 0.332 e. The van der Waals surface area contributed by atoms with Gasteiger partial charge in [0.05, 0.1) is 5.25 Å².